The molecule has 0 saturated heterocycles. The van der Waals surface area contributed by atoms with E-state index in [0.717, 1.165) is 17.9 Å². The molecule has 0 spiro atoms. The van der Waals surface area contributed by atoms with Crippen molar-refractivity contribution >= 4 is 0 Å². The molecule has 1 N–H and O–H groups in total. The monoisotopic (exact) mass is 203 g/mol. The van der Waals surface area contributed by atoms with Gasteiger partial charge in [-0.25, -0.2) is 9.67 Å². The van der Waals surface area contributed by atoms with Crippen LogP contribution >= 0.6 is 0 Å². The molecule has 2 rings (SSSR count). The maximum Gasteiger partial charge on any atom is 0.137 e. The molecule has 0 unspecified atom stereocenters. The van der Waals surface area contributed by atoms with Gasteiger partial charge in [0.1, 0.15) is 12.7 Å². The minimum atomic E-state index is 0.664. The van der Waals surface area contributed by atoms with Crippen LogP contribution in [0.3, 0.4) is 0 Å². The molecule has 78 valence electrons. The first-order valence-electron chi connectivity index (χ1n) is 4.80. The second-order valence-corrected chi connectivity index (χ2v) is 3.24. The SMILES string of the molecule is CNCc1cccc(Cn2cncn2)n1. The van der Waals surface area contributed by atoms with Gasteiger partial charge in [-0.3, -0.25) is 4.98 Å². The summed E-state index contributed by atoms with van der Waals surface area (Å²) in [6.07, 6.45) is 3.21. The van der Waals surface area contributed by atoms with Gasteiger partial charge in [-0.05, 0) is 19.2 Å². The van der Waals surface area contributed by atoms with Crippen LogP contribution in [0, 0.1) is 0 Å². The van der Waals surface area contributed by atoms with Gasteiger partial charge in [0.15, 0.2) is 0 Å². The molecule has 15 heavy (non-hydrogen) atoms. The van der Waals surface area contributed by atoms with E-state index in [1.54, 1.807) is 11.0 Å². The fraction of sp³-hybridized carbons (Fsp3) is 0.300. The minimum Gasteiger partial charge on any atom is -0.314 e. The topological polar surface area (TPSA) is 55.6 Å². The average molecular weight is 203 g/mol. The van der Waals surface area contributed by atoms with Gasteiger partial charge in [0, 0.05) is 6.54 Å². The van der Waals surface area contributed by atoms with Gasteiger partial charge in [0.2, 0.25) is 0 Å². The van der Waals surface area contributed by atoms with Crippen molar-refractivity contribution in [2.24, 2.45) is 0 Å². The second-order valence-electron chi connectivity index (χ2n) is 3.24. The van der Waals surface area contributed by atoms with E-state index >= 15 is 0 Å². The number of hydrogen-bond donors (Lipinski definition) is 1. The van der Waals surface area contributed by atoms with E-state index in [1.807, 2.05) is 25.2 Å². The molecule has 5 heteroatoms. The quantitative estimate of drug-likeness (QED) is 0.783. The smallest absolute Gasteiger partial charge is 0.137 e. The Bertz CT molecular complexity index is 410. The highest BCUT2D eigenvalue weighted by Gasteiger charge is 1.98. The van der Waals surface area contributed by atoms with Gasteiger partial charge < -0.3 is 5.32 Å². The zero-order valence-electron chi connectivity index (χ0n) is 8.59. The Morgan fingerprint density at radius 1 is 1.33 bits per heavy atom. The molecule has 0 saturated carbocycles. The third kappa shape index (κ3) is 2.60. The first kappa shape index (κ1) is 9.79. The molecule has 0 aliphatic rings. The van der Waals surface area contributed by atoms with Crippen molar-refractivity contribution in [1.82, 2.24) is 25.1 Å². The maximum atomic E-state index is 4.49. The van der Waals surface area contributed by atoms with Crippen molar-refractivity contribution in [3.63, 3.8) is 0 Å². The first-order chi connectivity index (χ1) is 7.38. The molecule has 2 aromatic rings. The summed E-state index contributed by atoms with van der Waals surface area (Å²) < 4.78 is 1.76. The number of hydrogen-bond acceptors (Lipinski definition) is 4. The summed E-state index contributed by atoms with van der Waals surface area (Å²) in [7, 11) is 1.91. The Labute approximate surface area is 88.2 Å². The van der Waals surface area contributed by atoms with Gasteiger partial charge in [0.25, 0.3) is 0 Å². The standard InChI is InChI=1S/C10H13N5/c1-11-5-9-3-2-4-10(14-9)6-15-8-12-7-13-15/h2-4,7-8,11H,5-6H2,1H3. The molecule has 2 heterocycles. The fourth-order valence-electron chi connectivity index (χ4n) is 1.38. The first-order valence-corrected chi connectivity index (χ1v) is 4.80. The molecule has 5 nitrogen and oxygen atoms in total. The van der Waals surface area contributed by atoms with Crippen LogP contribution in [0.15, 0.2) is 30.9 Å². The van der Waals surface area contributed by atoms with Crippen molar-refractivity contribution in [1.29, 1.82) is 0 Å². The predicted molar refractivity (Wildman–Crippen MR) is 56.1 cm³/mol. The zero-order valence-corrected chi connectivity index (χ0v) is 8.59. The van der Waals surface area contributed by atoms with E-state index < -0.39 is 0 Å². The minimum absolute atomic E-state index is 0.664. The second kappa shape index (κ2) is 4.65. The summed E-state index contributed by atoms with van der Waals surface area (Å²) in [5.74, 6) is 0. The summed E-state index contributed by atoms with van der Waals surface area (Å²) in [6, 6.07) is 5.99. The van der Waals surface area contributed by atoms with E-state index in [2.05, 4.69) is 20.4 Å². The number of pyridine rings is 1. The van der Waals surface area contributed by atoms with Crippen molar-refractivity contribution < 1.29 is 0 Å². The maximum absolute atomic E-state index is 4.49. The molecule has 2 aromatic heterocycles. The Kier molecular flexibility index (Phi) is 3.04. The van der Waals surface area contributed by atoms with Crippen molar-refractivity contribution in [3.8, 4) is 0 Å². The third-order valence-electron chi connectivity index (χ3n) is 2.01. The number of nitrogens with one attached hydrogen (secondary N) is 1. The Morgan fingerprint density at radius 3 is 2.93 bits per heavy atom. The molecule has 0 aromatic carbocycles. The molecule has 0 amide bonds. The summed E-state index contributed by atoms with van der Waals surface area (Å²) in [6.45, 7) is 1.45. The molecular formula is C10H13N5. The van der Waals surface area contributed by atoms with Gasteiger partial charge >= 0.3 is 0 Å². The molecule has 0 atom stereocenters. The summed E-state index contributed by atoms with van der Waals surface area (Å²) in [5.41, 5.74) is 2.03. The van der Waals surface area contributed by atoms with Gasteiger partial charge in [0.05, 0.1) is 17.9 Å². The van der Waals surface area contributed by atoms with Crippen LogP contribution in [0.25, 0.3) is 0 Å². The summed E-state index contributed by atoms with van der Waals surface area (Å²) in [5, 5.41) is 7.11. The van der Waals surface area contributed by atoms with Crippen molar-refractivity contribution in [2.45, 2.75) is 13.1 Å². The number of aromatic nitrogens is 4. The number of nitrogens with zero attached hydrogens (tertiary/aromatic N) is 4. The normalized spacial score (nSPS) is 10.5. The lowest BCUT2D eigenvalue weighted by Crippen LogP contribution is -2.09. The lowest BCUT2D eigenvalue weighted by Gasteiger charge is -2.03. The predicted octanol–water partition coefficient (Wildman–Crippen LogP) is 0.441. The van der Waals surface area contributed by atoms with Gasteiger partial charge in [-0.1, -0.05) is 6.07 Å². The third-order valence-corrected chi connectivity index (χ3v) is 2.01. The highest BCUT2D eigenvalue weighted by molar-refractivity contribution is 5.11. The van der Waals surface area contributed by atoms with Crippen LogP contribution in [0.2, 0.25) is 0 Å². The lowest BCUT2D eigenvalue weighted by molar-refractivity contribution is 0.664. The molecule has 0 bridgehead atoms. The van der Waals surface area contributed by atoms with Crippen LogP contribution in [0.1, 0.15) is 11.4 Å². The van der Waals surface area contributed by atoms with Crippen molar-refractivity contribution in [2.75, 3.05) is 7.05 Å². The summed E-state index contributed by atoms with van der Waals surface area (Å²) in [4.78, 5) is 8.38. The van der Waals surface area contributed by atoms with Crippen LogP contribution in [-0.4, -0.2) is 26.8 Å². The molecular weight excluding hydrogens is 190 g/mol. The van der Waals surface area contributed by atoms with E-state index in [4.69, 9.17) is 0 Å². The van der Waals surface area contributed by atoms with Crippen LogP contribution in [-0.2, 0) is 13.1 Å². The molecule has 0 fully saturated rings. The Balaban J connectivity index is 2.11. The average Bonchev–Trinajstić information content (AvgIpc) is 2.71. The highest BCUT2D eigenvalue weighted by Crippen LogP contribution is 2.00. The van der Waals surface area contributed by atoms with E-state index in [0.29, 0.717) is 6.54 Å². The Hall–Kier alpha value is -1.75. The van der Waals surface area contributed by atoms with Crippen LogP contribution in [0.4, 0.5) is 0 Å². The largest absolute Gasteiger partial charge is 0.314 e. The lowest BCUT2D eigenvalue weighted by atomic mass is 10.3. The number of rotatable bonds is 4. The molecule has 0 aliphatic heterocycles. The van der Waals surface area contributed by atoms with E-state index in [-0.39, 0.29) is 0 Å². The van der Waals surface area contributed by atoms with Gasteiger partial charge in [-0.15, -0.1) is 0 Å². The highest BCUT2D eigenvalue weighted by atomic mass is 15.3. The van der Waals surface area contributed by atoms with Crippen LogP contribution in [0.5, 0.6) is 0 Å². The molecule has 0 radical (unpaired) electrons. The fourth-order valence-corrected chi connectivity index (χ4v) is 1.38. The van der Waals surface area contributed by atoms with Crippen LogP contribution < -0.4 is 5.32 Å². The Morgan fingerprint density at radius 2 is 2.20 bits per heavy atom. The molecule has 0 aliphatic carbocycles. The van der Waals surface area contributed by atoms with E-state index in [1.165, 1.54) is 6.33 Å². The van der Waals surface area contributed by atoms with Crippen molar-refractivity contribution in [3.05, 3.63) is 42.2 Å². The zero-order chi connectivity index (χ0) is 10.5. The van der Waals surface area contributed by atoms with E-state index in [9.17, 15) is 0 Å². The van der Waals surface area contributed by atoms with Gasteiger partial charge in [-0.2, -0.15) is 5.10 Å². The summed E-state index contributed by atoms with van der Waals surface area (Å²) >= 11 is 0.